The molecular weight excluding hydrogens is 309 g/mol. The zero-order valence-electron chi connectivity index (χ0n) is 14.4. The molecule has 0 bridgehead atoms. The zero-order valence-corrected chi connectivity index (χ0v) is 14.4. The third-order valence-corrected chi connectivity index (χ3v) is 3.76. The van der Waals surface area contributed by atoms with E-state index in [-0.39, 0.29) is 18.3 Å². The maximum absolute atomic E-state index is 13.7. The summed E-state index contributed by atoms with van der Waals surface area (Å²) in [5.74, 6) is 0.271. The Hall–Kier alpha value is -2.56. The Morgan fingerprint density at radius 2 is 1.88 bits per heavy atom. The molecule has 2 aromatic rings. The standard InChI is InChI=1S/C19H22FNO3/c1-13-5-6-14(2)18(9-13)24-12-19(22)21(3)11-15-7-8-17(23-4)16(20)10-15/h5-10H,11-12H2,1-4H3. The first-order chi connectivity index (χ1) is 11.4. The van der Waals surface area contributed by atoms with Crippen molar-refractivity contribution in [2.45, 2.75) is 20.4 Å². The van der Waals surface area contributed by atoms with Crippen molar-refractivity contribution >= 4 is 5.91 Å². The number of amides is 1. The van der Waals surface area contributed by atoms with Gasteiger partial charge >= 0.3 is 0 Å². The van der Waals surface area contributed by atoms with Gasteiger partial charge in [0.25, 0.3) is 5.91 Å². The van der Waals surface area contributed by atoms with Crippen LogP contribution in [0.15, 0.2) is 36.4 Å². The van der Waals surface area contributed by atoms with Crippen LogP contribution in [0.5, 0.6) is 11.5 Å². The lowest BCUT2D eigenvalue weighted by Gasteiger charge is -2.18. The van der Waals surface area contributed by atoms with Crippen molar-refractivity contribution in [2.75, 3.05) is 20.8 Å². The van der Waals surface area contributed by atoms with Crippen LogP contribution < -0.4 is 9.47 Å². The fourth-order valence-electron chi connectivity index (χ4n) is 2.28. The Morgan fingerprint density at radius 3 is 2.54 bits per heavy atom. The van der Waals surface area contributed by atoms with Gasteiger partial charge in [-0.1, -0.05) is 18.2 Å². The number of rotatable bonds is 6. The molecule has 0 unspecified atom stereocenters. The Kier molecular flexibility index (Phi) is 5.79. The molecule has 128 valence electrons. The van der Waals surface area contributed by atoms with Crippen LogP contribution in [-0.2, 0) is 11.3 Å². The van der Waals surface area contributed by atoms with Crippen LogP contribution in [0.1, 0.15) is 16.7 Å². The number of carbonyl (C=O) groups is 1. The minimum Gasteiger partial charge on any atom is -0.494 e. The Bertz CT molecular complexity index is 731. The van der Waals surface area contributed by atoms with E-state index < -0.39 is 5.82 Å². The second-order valence-corrected chi connectivity index (χ2v) is 5.78. The molecule has 2 rings (SSSR count). The molecule has 0 fully saturated rings. The van der Waals surface area contributed by atoms with Crippen molar-refractivity contribution in [1.82, 2.24) is 4.90 Å². The van der Waals surface area contributed by atoms with Crippen LogP contribution in [0.4, 0.5) is 4.39 Å². The topological polar surface area (TPSA) is 38.8 Å². The molecule has 1 amide bonds. The minimum absolute atomic E-state index is 0.0561. The van der Waals surface area contributed by atoms with E-state index in [0.29, 0.717) is 17.9 Å². The first-order valence-electron chi connectivity index (χ1n) is 7.67. The van der Waals surface area contributed by atoms with Crippen molar-refractivity contribution in [3.05, 3.63) is 58.9 Å². The van der Waals surface area contributed by atoms with Gasteiger partial charge < -0.3 is 14.4 Å². The number of nitrogens with zero attached hydrogens (tertiary/aromatic N) is 1. The number of ether oxygens (including phenoxy) is 2. The molecule has 0 radical (unpaired) electrons. The average molecular weight is 331 g/mol. The summed E-state index contributed by atoms with van der Waals surface area (Å²) in [6.07, 6.45) is 0. The highest BCUT2D eigenvalue weighted by atomic mass is 19.1. The molecule has 0 spiro atoms. The summed E-state index contributed by atoms with van der Waals surface area (Å²) >= 11 is 0. The lowest BCUT2D eigenvalue weighted by Crippen LogP contribution is -2.31. The van der Waals surface area contributed by atoms with E-state index in [1.165, 1.54) is 18.1 Å². The lowest BCUT2D eigenvalue weighted by molar-refractivity contribution is -0.132. The first kappa shape index (κ1) is 17.8. The average Bonchev–Trinajstić information content (AvgIpc) is 2.55. The minimum atomic E-state index is -0.442. The van der Waals surface area contributed by atoms with Crippen LogP contribution in [0.2, 0.25) is 0 Å². The molecule has 0 aliphatic rings. The van der Waals surface area contributed by atoms with E-state index in [0.717, 1.165) is 11.1 Å². The molecule has 4 nitrogen and oxygen atoms in total. The molecular formula is C19H22FNO3. The molecule has 24 heavy (non-hydrogen) atoms. The van der Waals surface area contributed by atoms with Gasteiger partial charge in [0.1, 0.15) is 5.75 Å². The molecule has 0 aliphatic heterocycles. The van der Waals surface area contributed by atoms with E-state index in [1.54, 1.807) is 19.2 Å². The number of benzene rings is 2. The molecule has 0 saturated heterocycles. The van der Waals surface area contributed by atoms with Gasteiger partial charge in [-0.25, -0.2) is 4.39 Å². The number of aryl methyl sites for hydroxylation is 2. The number of hydrogen-bond donors (Lipinski definition) is 0. The molecule has 2 aromatic carbocycles. The fraction of sp³-hybridized carbons (Fsp3) is 0.316. The highest BCUT2D eigenvalue weighted by Gasteiger charge is 2.12. The van der Waals surface area contributed by atoms with Gasteiger partial charge in [0.05, 0.1) is 7.11 Å². The van der Waals surface area contributed by atoms with Gasteiger partial charge in [-0.05, 0) is 48.7 Å². The second kappa shape index (κ2) is 7.81. The van der Waals surface area contributed by atoms with Gasteiger partial charge in [-0.3, -0.25) is 4.79 Å². The third-order valence-electron chi connectivity index (χ3n) is 3.76. The van der Waals surface area contributed by atoms with Crippen LogP contribution in [-0.4, -0.2) is 31.6 Å². The Balaban J connectivity index is 1.94. The summed E-state index contributed by atoms with van der Waals surface area (Å²) in [6, 6.07) is 10.5. The lowest BCUT2D eigenvalue weighted by atomic mass is 10.1. The van der Waals surface area contributed by atoms with E-state index >= 15 is 0 Å². The molecule has 0 N–H and O–H groups in total. The normalized spacial score (nSPS) is 10.4. The second-order valence-electron chi connectivity index (χ2n) is 5.78. The molecule has 0 saturated carbocycles. The summed E-state index contributed by atoms with van der Waals surface area (Å²) in [5, 5.41) is 0. The van der Waals surface area contributed by atoms with E-state index in [9.17, 15) is 9.18 Å². The highest BCUT2D eigenvalue weighted by Crippen LogP contribution is 2.20. The van der Waals surface area contributed by atoms with Crippen molar-refractivity contribution < 1.29 is 18.7 Å². The fourth-order valence-corrected chi connectivity index (χ4v) is 2.28. The molecule has 0 aromatic heterocycles. The van der Waals surface area contributed by atoms with Gasteiger partial charge in [-0.2, -0.15) is 0 Å². The van der Waals surface area contributed by atoms with Gasteiger partial charge in [0, 0.05) is 13.6 Å². The maximum atomic E-state index is 13.7. The summed E-state index contributed by atoms with van der Waals surface area (Å²) in [7, 11) is 3.08. The Labute approximate surface area is 141 Å². The Morgan fingerprint density at radius 1 is 1.12 bits per heavy atom. The van der Waals surface area contributed by atoms with Crippen LogP contribution in [0, 0.1) is 19.7 Å². The van der Waals surface area contributed by atoms with Crippen LogP contribution in [0.3, 0.4) is 0 Å². The smallest absolute Gasteiger partial charge is 0.260 e. The summed E-state index contributed by atoms with van der Waals surface area (Å²) in [6.45, 7) is 4.15. The largest absolute Gasteiger partial charge is 0.494 e. The predicted octanol–water partition coefficient (Wildman–Crippen LogP) is 3.49. The van der Waals surface area contributed by atoms with E-state index in [4.69, 9.17) is 9.47 Å². The van der Waals surface area contributed by atoms with Crippen molar-refractivity contribution in [1.29, 1.82) is 0 Å². The number of halogens is 1. The van der Waals surface area contributed by atoms with Gasteiger partial charge in [-0.15, -0.1) is 0 Å². The predicted molar refractivity (Wildman–Crippen MR) is 90.8 cm³/mol. The monoisotopic (exact) mass is 331 g/mol. The van der Waals surface area contributed by atoms with Crippen molar-refractivity contribution in [3.8, 4) is 11.5 Å². The maximum Gasteiger partial charge on any atom is 0.260 e. The van der Waals surface area contributed by atoms with Crippen molar-refractivity contribution in [2.24, 2.45) is 0 Å². The number of carbonyl (C=O) groups excluding carboxylic acids is 1. The molecule has 0 heterocycles. The number of likely N-dealkylation sites (N-methyl/N-ethyl adjacent to an activating group) is 1. The third kappa shape index (κ3) is 4.47. The summed E-state index contributed by atoms with van der Waals surface area (Å²) in [4.78, 5) is 13.7. The number of methoxy groups -OCH3 is 1. The quantitative estimate of drug-likeness (QED) is 0.813. The summed E-state index contributed by atoms with van der Waals surface area (Å²) < 4.78 is 24.2. The van der Waals surface area contributed by atoms with Crippen LogP contribution >= 0.6 is 0 Å². The number of hydrogen-bond acceptors (Lipinski definition) is 3. The van der Waals surface area contributed by atoms with Crippen molar-refractivity contribution in [3.63, 3.8) is 0 Å². The van der Waals surface area contributed by atoms with E-state index in [2.05, 4.69) is 0 Å². The van der Waals surface area contributed by atoms with E-state index in [1.807, 2.05) is 32.0 Å². The SMILES string of the molecule is COc1ccc(CN(C)C(=O)COc2cc(C)ccc2C)cc1F. The van der Waals surface area contributed by atoms with Crippen LogP contribution in [0.25, 0.3) is 0 Å². The van der Waals surface area contributed by atoms with Gasteiger partial charge in [0.2, 0.25) is 0 Å². The summed E-state index contributed by atoms with van der Waals surface area (Å²) in [5.41, 5.74) is 2.74. The molecule has 0 atom stereocenters. The highest BCUT2D eigenvalue weighted by molar-refractivity contribution is 5.77. The molecule has 0 aliphatic carbocycles. The zero-order chi connectivity index (χ0) is 17.7. The first-order valence-corrected chi connectivity index (χ1v) is 7.67. The molecule has 5 heteroatoms. The van der Waals surface area contributed by atoms with Gasteiger partial charge in [0.15, 0.2) is 18.2 Å².